The first-order valence-electron chi connectivity index (χ1n) is 10.7. The molecule has 8 heteroatoms. The maximum absolute atomic E-state index is 14.1. The minimum atomic E-state index is -0.584. The fourth-order valence-electron chi connectivity index (χ4n) is 4.13. The third-order valence-electron chi connectivity index (χ3n) is 5.76. The Morgan fingerprint density at radius 1 is 1.21 bits per heavy atom. The summed E-state index contributed by atoms with van der Waals surface area (Å²) in [6.07, 6.45) is 5.55. The van der Waals surface area contributed by atoms with Crippen LogP contribution in [0.3, 0.4) is 0 Å². The highest BCUT2D eigenvalue weighted by molar-refractivity contribution is 5.80. The van der Waals surface area contributed by atoms with Crippen LogP contribution < -0.4 is 5.73 Å². The fraction of sp³-hybridized carbons (Fsp3) is 0.200. The van der Waals surface area contributed by atoms with Crippen molar-refractivity contribution in [1.82, 2.24) is 19.7 Å². The monoisotopic (exact) mass is 445 g/mol. The molecule has 1 fully saturated rings. The van der Waals surface area contributed by atoms with Gasteiger partial charge in [0.05, 0.1) is 5.69 Å². The van der Waals surface area contributed by atoms with Gasteiger partial charge in [-0.05, 0) is 60.9 Å². The standard InChI is InChI=1S/C25H24FN5O2/c1-16-10-19(26)12-21(11-16)31-14-22(24(29-31)18-6-8-28-13-18)25-30(23(32)15-33-25)9-7-17-2-4-20(27)5-3-17/h2-6,8,10-14,25,28H,7,9,15,27H2,1H3. The third kappa shape index (κ3) is 4.25. The van der Waals surface area contributed by atoms with Gasteiger partial charge in [0.25, 0.3) is 5.91 Å². The zero-order valence-corrected chi connectivity index (χ0v) is 18.2. The molecule has 0 spiro atoms. The minimum absolute atomic E-state index is 0.00321. The molecule has 1 atom stereocenters. The molecule has 33 heavy (non-hydrogen) atoms. The predicted octanol–water partition coefficient (Wildman–Crippen LogP) is 4.00. The lowest BCUT2D eigenvalue weighted by atomic mass is 10.1. The number of aromatic nitrogens is 3. The highest BCUT2D eigenvalue weighted by Crippen LogP contribution is 2.35. The summed E-state index contributed by atoms with van der Waals surface area (Å²) in [5, 5.41) is 4.74. The van der Waals surface area contributed by atoms with Gasteiger partial charge in [-0.15, -0.1) is 0 Å². The molecule has 1 aliphatic heterocycles. The number of nitrogens with zero attached hydrogens (tertiary/aromatic N) is 3. The van der Waals surface area contributed by atoms with Crippen molar-refractivity contribution in [3.05, 3.63) is 89.6 Å². The van der Waals surface area contributed by atoms with Crippen LogP contribution in [0.1, 0.15) is 22.9 Å². The molecular weight excluding hydrogens is 421 g/mol. The zero-order chi connectivity index (χ0) is 22.9. The first-order chi connectivity index (χ1) is 16.0. The van der Waals surface area contributed by atoms with Crippen molar-refractivity contribution in [3.8, 4) is 16.9 Å². The Balaban J connectivity index is 1.50. The van der Waals surface area contributed by atoms with Crippen molar-refractivity contribution < 1.29 is 13.9 Å². The van der Waals surface area contributed by atoms with Crippen LogP contribution in [0.15, 0.2) is 67.1 Å². The second kappa shape index (κ2) is 8.55. The molecule has 1 aliphatic rings. The molecule has 3 heterocycles. The van der Waals surface area contributed by atoms with E-state index in [9.17, 15) is 9.18 Å². The molecule has 0 saturated carbocycles. The van der Waals surface area contributed by atoms with Gasteiger partial charge in [-0.1, -0.05) is 12.1 Å². The number of nitrogen functional groups attached to an aromatic ring is 1. The van der Waals surface area contributed by atoms with Crippen LogP contribution >= 0.6 is 0 Å². The molecule has 0 aliphatic carbocycles. The Hall–Kier alpha value is -3.91. The van der Waals surface area contributed by atoms with Crippen molar-refractivity contribution in [2.24, 2.45) is 0 Å². The number of benzene rings is 2. The number of hydrogen-bond acceptors (Lipinski definition) is 4. The number of H-pyrrole nitrogens is 1. The highest BCUT2D eigenvalue weighted by Gasteiger charge is 2.36. The summed E-state index contributed by atoms with van der Waals surface area (Å²) in [7, 11) is 0. The topological polar surface area (TPSA) is 89.2 Å². The van der Waals surface area contributed by atoms with E-state index in [4.69, 9.17) is 15.6 Å². The molecular formula is C25H24FN5O2. The molecule has 1 saturated heterocycles. The van der Waals surface area contributed by atoms with Crippen molar-refractivity contribution in [3.63, 3.8) is 0 Å². The lowest BCUT2D eigenvalue weighted by Gasteiger charge is -2.23. The number of anilines is 1. The van der Waals surface area contributed by atoms with E-state index < -0.39 is 6.23 Å². The highest BCUT2D eigenvalue weighted by atomic mass is 19.1. The van der Waals surface area contributed by atoms with Crippen molar-refractivity contribution in [2.75, 3.05) is 18.9 Å². The van der Waals surface area contributed by atoms with Gasteiger partial charge in [0.1, 0.15) is 18.1 Å². The Bertz CT molecular complexity index is 1260. The molecule has 5 rings (SSSR count). The first kappa shape index (κ1) is 21.0. The molecule has 4 aromatic rings. The molecule has 0 radical (unpaired) electrons. The summed E-state index contributed by atoms with van der Waals surface area (Å²) >= 11 is 0. The van der Waals surface area contributed by atoms with Gasteiger partial charge >= 0.3 is 0 Å². The molecule has 2 aromatic heterocycles. The first-order valence-corrected chi connectivity index (χ1v) is 10.7. The Kier molecular flexibility index (Phi) is 5.43. The minimum Gasteiger partial charge on any atom is -0.399 e. The number of halogens is 1. The van der Waals surface area contributed by atoms with E-state index in [1.54, 1.807) is 9.58 Å². The van der Waals surface area contributed by atoms with Crippen LogP contribution in [0.25, 0.3) is 16.9 Å². The summed E-state index contributed by atoms with van der Waals surface area (Å²) in [6.45, 7) is 2.33. The Morgan fingerprint density at radius 3 is 2.76 bits per heavy atom. The van der Waals surface area contributed by atoms with E-state index in [-0.39, 0.29) is 18.3 Å². The normalized spacial score (nSPS) is 16.0. The third-order valence-corrected chi connectivity index (χ3v) is 5.76. The Morgan fingerprint density at radius 2 is 2.03 bits per heavy atom. The van der Waals surface area contributed by atoms with Crippen molar-refractivity contribution in [2.45, 2.75) is 19.6 Å². The number of nitrogens with two attached hydrogens (primary N) is 1. The summed E-state index contributed by atoms with van der Waals surface area (Å²) in [5.41, 5.74) is 11.2. The van der Waals surface area contributed by atoms with Gasteiger partial charge in [-0.25, -0.2) is 9.07 Å². The van der Waals surface area contributed by atoms with E-state index in [0.29, 0.717) is 30.0 Å². The number of carbonyl (C=O) groups excluding carboxylic acids is 1. The van der Waals surface area contributed by atoms with Crippen LogP contribution in [0.5, 0.6) is 0 Å². The van der Waals surface area contributed by atoms with Gasteiger partial charge in [-0.2, -0.15) is 5.10 Å². The lowest BCUT2D eigenvalue weighted by molar-refractivity contribution is -0.128. The van der Waals surface area contributed by atoms with Gasteiger partial charge in [0.15, 0.2) is 6.23 Å². The largest absolute Gasteiger partial charge is 0.399 e. The van der Waals surface area contributed by atoms with E-state index in [0.717, 1.165) is 22.3 Å². The SMILES string of the molecule is Cc1cc(F)cc(-n2cc(C3OCC(=O)N3CCc3ccc(N)cc3)c(-c3cc[nH]c3)n2)c1. The average Bonchev–Trinajstić information content (AvgIpc) is 3.52. The molecule has 0 bridgehead atoms. The summed E-state index contributed by atoms with van der Waals surface area (Å²) in [6, 6.07) is 14.3. The van der Waals surface area contributed by atoms with Crippen molar-refractivity contribution >= 4 is 11.6 Å². The number of carbonyl (C=O) groups is 1. The summed E-state index contributed by atoms with van der Waals surface area (Å²) < 4.78 is 21.6. The smallest absolute Gasteiger partial charge is 0.250 e. The van der Waals surface area contributed by atoms with Gasteiger partial charge in [-0.3, -0.25) is 4.79 Å². The van der Waals surface area contributed by atoms with Gasteiger partial charge in [0, 0.05) is 41.9 Å². The number of aromatic amines is 1. The summed E-state index contributed by atoms with van der Waals surface area (Å²) in [4.78, 5) is 17.5. The quantitative estimate of drug-likeness (QED) is 0.439. The number of hydrogen-bond donors (Lipinski definition) is 2. The summed E-state index contributed by atoms with van der Waals surface area (Å²) in [5.74, 6) is -0.410. The number of rotatable bonds is 6. The fourth-order valence-corrected chi connectivity index (χ4v) is 4.13. The predicted molar refractivity (Wildman–Crippen MR) is 123 cm³/mol. The Labute approximate surface area is 190 Å². The average molecular weight is 445 g/mol. The van der Waals surface area contributed by atoms with Crippen LogP contribution in [0.2, 0.25) is 0 Å². The molecule has 1 amide bonds. The lowest BCUT2D eigenvalue weighted by Crippen LogP contribution is -2.30. The number of amides is 1. The molecule has 2 aromatic carbocycles. The molecule has 3 N–H and O–H groups in total. The number of ether oxygens (including phenoxy) is 1. The zero-order valence-electron chi connectivity index (χ0n) is 18.2. The number of nitrogens with one attached hydrogen (secondary N) is 1. The maximum atomic E-state index is 14.1. The number of aryl methyl sites for hydroxylation is 1. The van der Waals surface area contributed by atoms with Crippen molar-refractivity contribution in [1.29, 1.82) is 0 Å². The van der Waals surface area contributed by atoms with E-state index in [1.807, 2.05) is 61.9 Å². The maximum Gasteiger partial charge on any atom is 0.250 e. The molecule has 168 valence electrons. The van der Waals surface area contributed by atoms with Gasteiger partial charge in [0.2, 0.25) is 0 Å². The van der Waals surface area contributed by atoms with E-state index >= 15 is 0 Å². The van der Waals surface area contributed by atoms with E-state index in [2.05, 4.69) is 4.98 Å². The second-order valence-electron chi connectivity index (χ2n) is 8.21. The van der Waals surface area contributed by atoms with E-state index in [1.165, 1.54) is 12.1 Å². The molecule has 1 unspecified atom stereocenters. The van der Waals surface area contributed by atoms with Crippen LogP contribution in [-0.2, 0) is 16.0 Å². The van der Waals surface area contributed by atoms with Crippen LogP contribution in [-0.4, -0.2) is 38.7 Å². The molecule has 7 nitrogen and oxygen atoms in total. The van der Waals surface area contributed by atoms with Crippen LogP contribution in [0.4, 0.5) is 10.1 Å². The van der Waals surface area contributed by atoms with Gasteiger partial charge < -0.3 is 20.4 Å². The second-order valence-corrected chi connectivity index (χ2v) is 8.21. The van der Waals surface area contributed by atoms with Crippen LogP contribution in [0, 0.1) is 12.7 Å².